The first kappa shape index (κ1) is 16.9. The van der Waals surface area contributed by atoms with Crippen LogP contribution in [0.1, 0.15) is 56.3 Å². The van der Waals surface area contributed by atoms with Crippen LogP contribution < -0.4 is 5.73 Å². The summed E-state index contributed by atoms with van der Waals surface area (Å²) in [7, 11) is 0. The van der Waals surface area contributed by atoms with Gasteiger partial charge in [-0.1, -0.05) is 26.2 Å². The lowest BCUT2D eigenvalue weighted by molar-refractivity contribution is -0.384. The Hall–Kier alpha value is -2.11. The molecule has 0 radical (unpaired) electrons. The molecule has 1 unspecified atom stereocenters. The number of benzene rings is 1. The minimum absolute atomic E-state index is 0.0459. The second kappa shape index (κ2) is 8.24. The zero-order valence-electron chi connectivity index (χ0n) is 12.5. The predicted molar refractivity (Wildman–Crippen MR) is 81.1 cm³/mol. The third kappa shape index (κ3) is 5.41. The number of nitro groups is 1. The SMILES string of the molecule is CCCCCCC(C)OC(=O)c1cc([N+](=O)[O-])ccc1N. The second-order valence-electron chi connectivity index (χ2n) is 5.09. The van der Waals surface area contributed by atoms with E-state index in [1.54, 1.807) is 0 Å². The minimum atomic E-state index is -0.612. The van der Waals surface area contributed by atoms with Crippen LogP contribution in [0.25, 0.3) is 0 Å². The molecule has 6 nitrogen and oxygen atoms in total. The Morgan fingerprint density at radius 1 is 1.38 bits per heavy atom. The van der Waals surface area contributed by atoms with E-state index in [2.05, 4.69) is 6.92 Å². The maximum absolute atomic E-state index is 12.0. The number of hydrogen-bond acceptors (Lipinski definition) is 5. The number of carbonyl (C=O) groups excluding carboxylic acids is 1. The van der Waals surface area contributed by atoms with E-state index in [1.165, 1.54) is 18.6 Å². The molecule has 0 aliphatic rings. The van der Waals surface area contributed by atoms with Gasteiger partial charge in [0, 0.05) is 17.8 Å². The molecule has 0 aromatic heterocycles. The van der Waals surface area contributed by atoms with Crippen LogP contribution in [0.2, 0.25) is 0 Å². The van der Waals surface area contributed by atoms with Crippen molar-refractivity contribution in [3.05, 3.63) is 33.9 Å². The summed E-state index contributed by atoms with van der Waals surface area (Å²) in [6.07, 6.45) is 4.97. The molecule has 0 bridgehead atoms. The number of esters is 1. The quantitative estimate of drug-likeness (QED) is 0.259. The van der Waals surface area contributed by atoms with E-state index in [0.29, 0.717) is 0 Å². The normalized spacial score (nSPS) is 11.9. The molecule has 116 valence electrons. The van der Waals surface area contributed by atoms with Crippen LogP contribution in [0.5, 0.6) is 0 Å². The van der Waals surface area contributed by atoms with Crippen LogP contribution in [0, 0.1) is 10.1 Å². The van der Waals surface area contributed by atoms with Crippen LogP contribution >= 0.6 is 0 Å². The van der Waals surface area contributed by atoms with E-state index < -0.39 is 10.9 Å². The third-order valence-electron chi connectivity index (χ3n) is 3.24. The molecule has 0 amide bonds. The molecule has 6 heteroatoms. The number of anilines is 1. The van der Waals surface area contributed by atoms with Crippen molar-refractivity contribution in [2.24, 2.45) is 0 Å². The molecule has 1 atom stereocenters. The van der Waals surface area contributed by atoms with Crippen molar-refractivity contribution in [3.63, 3.8) is 0 Å². The molecule has 0 aliphatic heterocycles. The molecule has 0 fully saturated rings. The Bertz CT molecular complexity index is 502. The smallest absolute Gasteiger partial charge is 0.340 e. The third-order valence-corrected chi connectivity index (χ3v) is 3.24. The highest BCUT2D eigenvalue weighted by molar-refractivity contribution is 5.95. The van der Waals surface area contributed by atoms with E-state index in [1.807, 2.05) is 6.92 Å². The Kier molecular flexibility index (Phi) is 6.65. The van der Waals surface area contributed by atoms with Gasteiger partial charge < -0.3 is 10.5 Å². The number of nitrogens with zero attached hydrogens (tertiary/aromatic N) is 1. The van der Waals surface area contributed by atoms with Gasteiger partial charge in [0.2, 0.25) is 0 Å². The first-order valence-corrected chi connectivity index (χ1v) is 7.20. The van der Waals surface area contributed by atoms with E-state index in [0.717, 1.165) is 31.7 Å². The van der Waals surface area contributed by atoms with Crippen molar-refractivity contribution in [2.75, 3.05) is 5.73 Å². The molecule has 1 aromatic carbocycles. The maximum atomic E-state index is 12.0. The first-order valence-electron chi connectivity index (χ1n) is 7.20. The second-order valence-corrected chi connectivity index (χ2v) is 5.09. The largest absolute Gasteiger partial charge is 0.459 e. The van der Waals surface area contributed by atoms with E-state index in [-0.39, 0.29) is 23.0 Å². The van der Waals surface area contributed by atoms with Crippen molar-refractivity contribution in [1.82, 2.24) is 0 Å². The average molecular weight is 294 g/mol. The fourth-order valence-electron chi connectivity index (χ4n) is 2.00. The fourth-order valence-corrected chi connectivity index (χ4v) is 2.00. The van der Waals surface area contributed by atoms with Gasteiger partial charge in [-0.25, -0.2) is 4.79 Å². The maximum Gasteiger partial charge on any atom is 0.340 e. The highest BCUT2D eigenvalue weighted by Gasteiger charge is 2.18. The molecule has 0 heterocycles. The lowest BCUT2D eigenvalue weighted by atomic mass is 10.1. The topological polar surface area (TPSA) is 95.5 Å². The van der Waals surface area contributed by atoms with Crippen molar-refractivity contribution in [3.8, 4) is 0 Å². The van der Waals surface area contributed by atoms with Crippen LogP contribution in [-0.2, 0) is 4.74 Å². The number of hydrogen-bond donors (Lipinski definition) is 1. The van der Waals surface area contributed by atoms with Gasteiger partial charge in [-0.05, 0) is 25.8 Å². The lowest BCUT2D eigenvalue weighted by Gasteiger charge is -2.14. The van der Waals surface area contributed by atoms with Crippen molar-refractivity contribution in [2.45, 2.75) is 52.1 Å². The van der Waals surface area contributed by atoms with Gasteiger partial charge in [-0.2, -0.15) is 0 Å². The number of rotatable bonds is 8. The summed E-state index contributed by atoms with van der Waals surface area (Å²) in [5.74, 6) is -0.612. The van der Waals surface area contributed by atoms with Crippen molar-refractivity contribution < 1.29 is 14.5 Å². The number of nitro benzene ring substituents is 1. The van der Waals surface area contributed by atoms with Crippen molar-refractivity contribution >= 4 is 17.3 Å². The average Bonchev–Trinajstić information content (AvgIpc) is 2.43. The van der Waals surface area contributed by atoms with Gasteiger partial charge in [-0.3, -0.25) is 10.1 Å². The molecule has 2 N–H and O–H groups in total. The molecule has 21 heavy (non-hydrogen) atoms. The molecule has 0 aliphatic carbocycles. The molecule has 1 rings (SSSR count). The van der Waals surface area contributed by atoms with Gasteiger partial charge in [0.25, 0.3) is 5.69 Å². The summed E-state index contributed by atoms with van der Waals surface area (Å²) in [6, 6.07) is 3.77. The summed E-state index contributed by atoms with van der Waals surface area (Å²) in [6.45, 7) is 3.95. The standard InChI is InChI=1S/C15H22N2O4/c1-3-4-5-6-7-11(2)21-15(18)13-10-12(17(19)20)8-9-14(13)16/h8-11H,3-7,16H2,1-2H3. The fraction of sp³-hybridized carbons (Fsp3) is 0.533. The van der Waals surface area contributed by atoms with Crippen molar-refractivity contribution in [1.29, 1.82) is 0 Å². The van der Waals surface area contributed by atoms with Crippen LogP contribution in [0.15, 0.2) is 18.2 Å². The lowest BCUT2D eigenvalue weighted by Crippen LogP contribution is -2.16. The summed E-state index contributed by atoms with van der Waals surface area (Å²) in [5, 5.41) is 10.7. The number of unbranched alkanes of at least 4 members (excludes halogenated alkanes) is 3. The number of non-ortho nitro benzene ring substituents is 1. The molecular formula is C15H22N2O4. The van der Waals surface area contributed by atoms with Gasteiger partial charge in [0.15, 0.2) is 0 Å². The van der Waals surface area contributed by atoms with E-state index in [9.17, 15) is 14.9 Å². The number of carbonyl (C=O) groups is 1. The first-order chi connectivity index (χ1) is 9.95. The summed E-state index contributed by atoms with van der Waals surface area (Å²) in [5.41, 5.74) is 5.74. The number of nitrogen functional groups attached to an aromatic ring is 1. The Balaban J connectivity index is 2.62. The monoisotopic (exact) mass is 294 g/mol. The zero-order chi connectivity index (χ0) is 15.8. The molecule has 1 aromatic rings. The molecule has 0 spiro atoms. The molecule has 0 saturated heterocycles. The number of ether oxygens (including phenoxy) is 1. The Labute approximate surface area is 124 Å². The zero-order valence-corrected chi connectivity index (χ0v) is 12.5. The van der Waals surface area contributed by atoms with E-state index in [4.69, 9.17) is 10.5 Å². The predicted octanol–water partition coefficient (Wildman–Crippen LogP) is 3.69. The minimum Gasteiger partial charge on any atom is -0.459 e. The highest BCUT2D eigenvalue weighted by Crippen LogP contribution is 2.21. The van der Waals surface area contributed by atoms with Crippen LogP contribution in [0.4, 0.5) is 11.4 Å². The Morgan fingerprint density at radius 2 is 2.10 bits per heavy atom. The van der Waals surface area contributed by atoms with Gasteiger partial charge in [0.05, 0.1) is 16.6 Å². The van der Waals surface area contributed by atoms with Gasteiger partial charge >= 0.3 is 5.97 Å². The number of nitrogens with two attached hydrogens (primary N) is 1. The van der Waals surface area contributed by atoms with Crippen LogP contribution in [-0.4, -0.2) is 17.0 Å². The molecule has 0 saturated carbocycles. The highest BCUT2D eigenvalue weighted by atomic mass is 16.6. The van der Waals surface area contributed by atoms with Crippen LogP contribution in [0.3, 0.4) is 0 Å². The Morgan fingerprint density at radius 3 is 2.71 bits per heavy atom. The van der Waals surface area contributed by atoms with Gasteiger partial charge in [-0.15, -0.1) is 0 Å². The molecular weight excluding hydrogens is 272 g/mol. The van der Waals surface area contributed by atoms with Gasteiger partial charge in [0.1, 0.15) is 0 Å². The summed E-state index contributed by atoms with van der Waals surface area (Å²) >= 11 is 0. The summed E-state index contributed by atoms with van der Waals surface area (Å²) < 4.78 is 5.29. The summed E-state index contributed by atoms with van der Waals surface area (Å²) in [4.78, 5) is 22.2. The van der Waals surface area contributed by atoms with E-state index >= 15 is 0 Å².